The van der Waals surface area contributed by atoms with E-state index in [1.807, 2.05) is 0 Å². The smallest absolute Gasteiger partial charge is 0.319 e. The van der Waals surface area contributed by atoms with Gasteiger partial charge in [0.15, 0.2) is 10.8 Å². The zero-order valence-electron chi connectivity index (χ0n) is 9.65. The molecule has 5 nitrogen and oxygen atoms in total. The molecule has 2 aromatic rings. The fourth-order valence-corrected chi connectivity index (χ4v) is 1.37. The van der Waals surface area contributed by atoms with Crippen LogP contribution in [0.4, 0.5) is 18.9 Å². The number of nitrogens with zero attached hydrogens (tertiary/aromatic N) is 3. The zero-order chi connectivity index (χ0) is 14.8. The van der Waals surface area contributed by atoms with Crippen LogP contribution in [-0.2, 0) is 6.18 Å². The molecule has 0 saturated carbocycles. The van der Waals surface area contributed by atoms with Crippen LogP contribution in [0.3, 0.4) is 0 Å². The molecule has 1 amide bonds. The molecule has 9 heteroatoms. The largest absolute Gasteiger partial charge is 0.433 e. The lowest BCUT2D eigenvalue weighted by atomic mass is 10.3. The van der Waals surface area contributed by atoms with Crippen LogP contribution in [0.5, 0.6) is 0 Å². The monoisotopic (exact) mass is 302 g/mol. The van der Waals surface area contributed by atoms with E-state index in [1.165, 1.54) is 12.1 Å². The van der Waals surface area contributed by atoms with Crippen LogP contribution >= 0.6 is 11.6 Å². The van der Waals surface area contributed by atoms with Crippen molar-refractivity contribution in [2.75, 3.05) is 5.32 Å². The van der Waals surface area contributed by atoms with Crippen molar-refractivity contribution in [3.8, 4) is 0 Å². The molecule has 0 bridgehead atoms. The number of rotatable bonds is 2. The second-order valence-corrected chi connectivity index (χ2v) is 4.01. The predicted octanol–water partition coefficient (Wildman–Crippen LogP) is 2.80. The Morgan fingerprint density at radius 3 is 2.40 bits per heavy atom. The van der Waals surface area contributed by atoms with Gasteiger partial charge in [0.1, 0.15) is 5.69 Å². The summed E-state index contributed by atoms with van der Waals surface area (Å²) in [4.78, 5) is 14.9. The molecule has 0 aliphatic rings. The van der Waals surface area contributed by atoms with Crippen molar-refractivity contribution < 1.29 is 18.0 Å². The molecular weight excluding hydrogens is 297 g/mol. The summed E-state index contributed by atoms with van der Waals surface area (Å²) in [5.41, 5.74) is -0.948. The van der Waals surface area contributed by atoms with Crippen molar-refractivity contribution in [2.24, 2.45) is 0 Å². The molecule has 2 heterocycles. The highest BCUT2D eigenvalue weighted by atomic mass is 35.5. The van der Waals surface area contributed by atoms with E-state index in [0.29, 0.717) is 0 Å². The summed E-state index contributed by atoms with van der Waals surface area (Å²) in [6.07, 6.45) is -3.62. The average Bonchev–Trinajstić information content (AvgIpc) is 2.39. The van der Waals surface area contributed by atoms with Gasteiger partial charge in [0.05, 0.1) is 11.9 Å². The van der Waals surface area contributed by atoms with Crippen LogP contribution in [0, 0.1) is 0 Å². The Kier molecular flexibility index (Phi) is 3.84. The molecule has 1 N–H and O–H groups in total. The van der Waals surface area contributed by atoms with Crippen LogP contribution in [0.25, 0.3) is 0 Å². The molecule has 20 heavy (non-hydrogen) atoms. The number of hydrogen-bond acceptors (Lipinski definition) is 4. The number of amides is 1. The minimum absolute atomic E-state index is 0.0192. The third-order valence-electron chi connectivity index (χ3n) is 2.18. The maximum atomic E-state index is 12.3. The molecule has 2 aromatic heterocycles. The fraction of sp³-hybridized carbons (Fsp3) is 0.0909. The van der Waals surface area contributed by atoms with E-state index < -0.39 is 17.8 Å². The van der Waals surface area contributed by atoms with E-state index in [-0.39, 0.29) is 16.5 Å². The number of carbonyl (C=O) groups excluding carboxylic acids is 1. The van der Waals surface area contributed by atoms with E-state index >= 15 is 0 Å². The number of hydrogen-bond donors (Lipinski definition) is 1. The molecule has 104 valence electrons. The quantitative estimate of drug-likeness (QED) is 0.926. The highest BCUT2D eigenvalue weighted by Gasteiger charge is 2.32. The lowest BCUT2D eigenvalue weighted by Gasteiger charge is -2.07. The Hall–Kier alpha value is -2.22. The standard InChI is InChI=1S/C11H6ClF3N4O/c12-9-4-2-7(18-19-9)10(20)17-6-1-3-8(16-5-6)11(13,14)15/h1-5H,(H,17,20). The van der Waals surface area contributed by atoms with Crippen molar-refractivity contribution in [3.63, 3.8) is 0 Å². The van der Waals surface area contributed by atoms with Gasteiger partial charge in [-0.1, -0.05) is 11.6 Å². The number of pyridine rings is 1. The number of alkyl halides is 3. The van der Waals surface area contributed by atoms with Crippen molar-refractivity contribution in [1.82, 2.24) is 15.2 Å². The number of nitrogens with one attached hydrogen (secondary N) is 1. The topological polar surface area (TPSA) is 67.8 Å². The Balaban J connectivity index is 2.10. The van der Waals surface area contributed by atoms with Crippen LogP contribution in [-0.4, -0.2) is 21.1 Å². The first-order valence-corrected chi connectivity index (χ1v) is 5.58. The second kappa shape index (κ2) is 5.41. The molecule has 0 spiro atoms. The first kappa shape index (κ1) is 14.2. The van der Waals surface area contributed by atoms with E-state index in [2.05, 4.69) is 20.5 Å². The van der Waals surface area contributed by atoms with Gasteiger partial charge in [0, 0.05) is 0 Å². The number of carbonyl (C=O) groups is 1. The number of aromatic nitrogens is 3. The third kappa shape index (κ3) is 3.41. The first-order valence-electron chi connectivity index (χ1n) is 5.20. The van der Waals surface area contributed by atoms with Crippen LogP contribution < -0.4 is 5.32 Å². The van der Waals surface area contributed by atoms with Crippen molar-refractivity contribution in [2.45, 2.75) is 6.18 Å². The highest BCUT2D eigenvalue weighted by molar-refractivity contribution is 6.29. The molecular formula is C11H6ClF3N4O. The lowest BCUT2D eigenvalue weighted by Crippen LogP contribution is -2.15. The molecule has 2 rings (SSSR count). The van der Waals surface area contributed by atoms with Gasteiger partial charge in [-0.25, -0.2) is 4.98 Å². The van der Waals surface area contributed by atoms with Crippen LogP contribution in [0.2, 0.25) is 5.15 Å². The first-order chi connectivity index (χ1) is 9.36. The minimum atomic E-state index is -4.52. The molecule has 0 atom stereocenters. The van der Waals surface area contributed by atoms with Crippen molar-refractivity contribution in [1.29, 1.82) is 0 Å². The maximum absolute atomic E-state index is 12.3. The van der Waals surface area contributed by atoms with Gasteiger partial charge in [-0.05, 0) is 24.3 Å². The van der Waals surface area contributed by atoms with Crippen LogP contribution in [0.1, 0.15) is 16.2 Å². The normalized spacial score (nSPS) is 11.2. The molecule has 0 aliphatic heterocycles. The van der Waals surface area contributed by atoms with E-state index in [0.717, 1.165) is 18.3 Å². The number of anilines is 1. The van der Waals surface area contributed by atoms with E-state index in [9.17, 15) is 18.0 Å². The summed E-state index contributed by atoms with van der Waals surface area (Å²) in [6, 6.07) is 4.57. The zero-order valence-corrected chi connectivity index (χ0v) is 10.4. The molecule has 0 aromatic carbocycles. The number of halogens is 4. The van der Waals surface area contributed by atoms with Gasteiger partial charge in [0.2, 0.25) is 0 Å². The summed E-state index contributed by atoms with van der Waals surface area (Å²) in [6.45, 7) is 0. The summed E-state index contributed by atoms with van der Waals surface area (Å²) in [5, 5.41) is 9.48. The Morgan fingerprint density at radius 2 is 1.90 bits per heavy atom. The van der Waals surface area contributed by atoms with Gasteiger partial charge in [-0.3, -0.25) is 4.79 Å². The van der Waals surface area contributed by atoms with E-state index in [1.54, 1.807) is 0 Å². The van der Waals surface area contributed by atoms with E-state index in [4.69, 9.17) is 11.6 Å². The minimum Gasteiger partial charge on any atom is -0.319 e. The predicted molar refractivity (Wildman–Crippen MR) is 64.2 cm³/mol. The van der Waals surface area contributed by atoms with Crippen molar-refractivity contribution >= 4 is 23.2 Å². The Morgan fingerprint density at radius 1 is 1.15 bits per heavy atom. The molecule has 0 saturated heterocycles. The highest BCUT2D eigenvalue weighted by Crippen LogP contribution is 2.27. The lowest BCUT2D eigenvalue weighted by molar-refractivity contribution is -0.141. The maximum Gasteiger partial charge on any atom is 0.433 e. The van der Waals surface area contributed by atoms with Crippen LogP contribution in [0.15, 0.2) is 30.5 Å². The van der Waals surface area contributed by atoms with Gasteiger partial charge in [0.25, 0.3) is 5.91 Å². The van der Waals surface area contributed by atoms with Gasteiger partial charge in [-0.2, -0.15) is 13.2 Å². The summed E-state index contributed by atoms with van der Waals surface area (Å²) < 4.78 is 36.9. The summed E-state index contributed by atoms with van der Waals surface area (Å²) in [5.74, 6) is -0.629. The molecule has 0 radical (unpaired) electrons. The fourth-order valence-electron chi connectivity index (χ4n) is 1.27. The molecule has 0 unspecified atom stereocenters. The molecule has 0 aliphatic carbocycles. The Labute approximate surface area is 115 Å². The van der Waals surface area contributed by atoms with Gasteiger partial charge >= 0.3 is 6.18 Å². The van der Waals surface area contributed by atoms with Gasteiger partial charge < -0.3 is 5.32 Å². The SMILES string of the molecule is O=C(Nc1ccc(C(F)(F)F)nc1)c1ccc(Cl)nn1. The third-order valence-corrected chi connectivity index (χ3v) is 2.38. The Bertz CT molecular complexity index is 613. The average molecular weight is 303 g/mol. The summed E-state index contributed by atoms with van der Waals surface area (Å²) >= 11 is 5.51. The second-order valence-electron chi connectivity index (χ2n) is 3.63. The summed E-state index contributed by atoms with van der Waals surface area (Å²) in [7, 11) is 0. The van der Waals surface area contributed by atoms with Crippen molar-refractivity contribution in [3.05, 3.63) is 47.0 Å². The molecule has 0 fully saturated rings. The van der Waals surface area contributed by atoms with Gasteiger partial charge in [-0.15, -0.1) is 10.2 Å².